The lowest BCUT2D eigenvalue weighted by atomic mass is 10.0. The first-order valence-electron chi connectivity index (χ1n) is 6.10. The molecule has 0 bridgehead atoms. The van der Waals surface area contributed by atoms with E-state index in [0.717, 1.165) is 12.1 Å². The lowest BCUT2D eigenvalue weighted by Gasteiger charge is -2.23. The van der Waals surface area contributed by atoms with E-state index in [1.54, 1.807) is 6.07 Å². The van der Waals surface area contributed by atoms with E-state index in [1.165, 1.54) is 5.56 Å². The molecule has 0 saturated carbocycles. The van der Waals surface area contributed by atoms with Crippen LogP contribution in [0.3, 0.4) is 0 Å². The average molecular weight is 236 g/mol. The first-order chi connectivity index (χ1) is 7.90. The van der Waals surface area contributed by atoms with Crippen LogP contribution in [0.4, 0.5) is 0 Å². The predicted octanol–water partition coefficient (Wildman–Crippen LogP) is 2.30. The molecule has 0 heterocycles. The molecular formula is C14H24N2O. The van der Waals surface area contributed by atoms with Crippen molar-refractivity contribution in [1.82, 2.24) is 10.2 Å². The molecular weight excluding hydrogens is 212 g/mol. The maximum atomic E-state index is 9.85. The quantitative estimate of drug-likeness (QED) is 0.823. The van der Waals surface area contributed by atoms with Gasteiger partial charge in [-0.2, -0.15) is 0 Å². The van der Waals surface area contributed by atoms with Crippen LogP contribution in [0.25, 0.3) is 0 Å². The van der Waals surface area contributed by atoms with Gasteiger partial charge in [0.15, 0.2) is 0 Å². The molecule has 2 unspecified atom stereocenters. The van der Waals surface area contributed by atoms with Crippen molar-refractivity contribution in [3.05, 3.63) is 29.3 Å². The van der Waals surface area contributed by atoms with Crippen LogP contribution in [-0.2, 0) is 0 Å². The Balaban J connectivity index is 2.69. The number of aromatic hydroxyl groups is 1. The molecule has 1 aromatic rings. The normalized spacial score (nSPS) is 14.9. The number of phenols is 1. The Morgan fingerprint density at radius 3 is 2.53 bits per heavy atom. The molecule has 0 aromatic heterocycles. The van der Waals surface area contributed by atoms with Gasteiger partial charge in [-0.05, 0) is 40.9 Å². The molecule has 3 heteroatoms. The molecule has 17 heavy (non-hydrogen) atoms. The van der Waals surface area contributed by atoms with Crippen molar-refractivity contribution in [3.63, 3.8) is 0 Å². The van der Waals surface area contributed by atoms with Crippen LogP contribution < -0.4 is 5.32 Å². The van der Waals surface area contributed by atoms with Crippen molar-refractivity contribution in [2.24, 2.45) is 0 Å². The number of nitrogens with one attached hydrogen (secondary N) is 1. The second-order valence-corrected chi connectivity index (χ2v) is 5.11. The van der Waals surface area contributed by atoms with Gasteiger partial charge in [-0.1, -0.05) is 17.7 Å². The van der Waals surface area contributed by atoms with E-state index in [9.17, 15) is 5.11 Å². The largest absolute Gasteiger partial charge is 0.508 e. The van der Waals surface area contributed by atoms with Crippen molar-refractivity contribution in [1.29, 1.82) is 0 Å². The molecule has 0 fully saturated rings. The number of nitrogens with zero attached hydrogens (tertiary/aromatic N) is 1. The zero-order chi connectivity index (χ0) is 13.0. The molecule has 0 saturated heterocycles. The molecule has 0 radical (unpaired) electrons. The third kappa shape index (κ3) is 4.36. The monoisotopic (exact) mass is 236 g/mol. The van der Waals surface area contributed by atoms with Crippen LogP contribution in [0.1, 0.15) is 31.0 Å². The van der Waals surface area contributed by atoms with Crippen LogP contribution in [0.15, 0.2) is 18.2 Å². The molecule has 2 N–H and O–H groups in total. The maximum Gasteiger partial charge on any atom is 0.120 e. The van der Waals surface area contributed by atoms with E-state index in [2.05, 4.69) is 38.2 Å². The highest BCUT2D eigenvalue weighted by molar-refractivity contribution is 5.37. The Hall–Kier alpha value is -1.06. The topological polar surface area (TPSA) is 35.5 Å². The highest BCUT2D eigenvalue weighted by atomic mass is 16.3. The van der Waals surface area contributed by atoms with Gasteiger partial charge in [0.1, 0.15) is 5.75 Å². The Morgan fingerprint density at radius 1 is 1.29 bits per heavy atom. The summed E-state index contributed by atoms with van der Waals surface area (Å²) >= 11 is 0. The van der Waals surface area contributed by atoms with Crippen molar-refractivity contribution in [3.8, 4) is 5.75 Å². The Morgan fingerprint density at radius 2 is 1.94 bits per heavy atom. The first-order valence-corrected chi connectivity index (χ1v) is 6.10. The summed E-state index contributed by atoms with van der Waals surface area (Å²) in [7, 11) is 4.12. The van der Waals surface area contributed by atoms with Crippen molar-refractivity contribution in [2.75, 3.05) is 20.6 Å². The predicted molar refractivity (Wildman–Crippen MR) is 72.4 cm³/mol. The maximum absolute atomic E-state index is 9.85. The van der Waals surface area contributed by atoms with Crippen LogP contribution in [0, 0.1) is 6.92 Å². The fourth-order valence-electron chi connectivity index (χ4n) is 2.14. The summed E-state index contributed by atoms with van der Waals surface area (Å²) in [5.41, 5.74) is 2.14. The van der Waals surface area contributed by atoms with Gasteiger partial charge in [0.2, 0.25) is 0 Å². The Labute approximate surface area is 104 Å². The summed E-state index contributed by atoms with van der Waals surface area (Å²) < 4.78 is 0. The molecule has 0 aliphatic carbocycles. The van der Waals surface area contributed by atoms with E-state index >= 15 is 0 Å². The van der Waals surface area contributed by atoms with Crippen molar-refractivity contribution >= 4 is 0 Å². The van der Waals surface area contributed by atoms with E-state index in [-0.39, 0.29) is 6.04 Å². The fourth-order valence-corrected chi connectivity index (χ4v) is 2.14. The summed E-state index contributed by atoms with van der Waals surface area (Å²) in [6, 6.07) is 6.27. The molecule has 2 atom stereocenters. The fraction of sp³-hybridized carbons (Fsp3) is 0.571. The minimum absolute atomic E-state index is 0.157. The first kappa shape index (κ1) is 14.0. The molecule has 0 aliphatic heterocycles. The standard InChI is InChI=1S/C14H24N2O/c1-10-6-7-14(17)13(8-10)12(3)15-11(2)9-16(4)5/h6-8,11-12,15,17H,9H2,1-5H3. The molecule has 0 amide bonds. The van der Waals surface area contributed by atoms with Gasteiger partial charge < -0.3 is 15.3 Å². The van der Waals surface area contributed by atoms with E-state index in [0.29, 0.717) is 11.8 Å². The van der Waals surface area contributed by atoms with Gasteiger partial charge in [-0.25, -0.2) is 0 Å². The van der Waals surface area contributed by atoms with Crippen molar-refractivity contribution < 1.29 is 5.11 Å². The summed E-state index contributed by atoms with van der Waals surface area (Å²) in [5, 5.41) is 13.3. The Bertz CT molecular complexity index is 363. The van der Waals surface area contributed by atoms with Gasteiger partial charge in [0, 0.05) is 24.2 Å². The number of hydrogen-bond acceptors (Lipinski definition) is 3. The summed E-state index contributed by atoms with van der Waals surface area (Å²) in [6.45, 7) is 7.26. The number of benzene rings is 1. The minimum atomic E-state index is 0.157. The number of hydrogen-bond donors (Lipinski definition) is 2. The smallest absolute Gasteiger partial charge is 0.120 e. The number of phenolic OH excluding ortho intramolecular Hbond substituents is 1. The zero-order valence-electron chi connectivity index (χ0n) is 11.5. The van der Waals surface area contributed by atoms with Gasteiger partial charge in [-0.15, -0.1) is 0 Å². The van der Waals surface area contributed by atoms with Crippen molar-refractivity contribution in [2.45, 2.75) is 32.9 Å². The SMILES string of the molecule is Cc1ccc(O)c(C(C)NC(C)CN(C)C)c1. The van der Waals surface area contributed by atoms with Crippen LogP contribution in [0.2, 0.25) is 0 Å². The summed E-state index contributed by atoms with van der Waals surface area (Å²) in [4.78, 5) is 2.15. The summed E-state index contributed by atoms with van der Waals surface area (Å²) in [5.74, 6) is 0.368. The molecule has 3 nitrogen and oxygen atoms in total. The van der Waals surface area contributed by atoms with Gasteiger partial charge >= 0.3 is 0 Å². The lowest BCUT2D eigenvalue weighted by Crippen LogP contribution is -2.37. The minimum Gasteiger partial charge on any atom is -0.508 e. The Kier molecular flexibility index (Phi) is 4.97. The van der Waals surface area contributed by atoms with Crippen LogP contribution in [-0.4, -0.2) is 36.7 Å². The zero-order valence-corrected chi connectivity index (χ0v) is 11.5. The number of likely N-dealkylation sites (N-methyl/N-ethyl adjacent to an activating group) is 1. The van der Waals surface area contributed by atoms with Crippen LogP contribution in [0.5, 0.6) is 5.75 Å². The van der Waals surface area contributed by atoms with E-state index in [4.69, 9.17) is 0 Å². The highest BCUT2D eigenvalue weighted by Gasteiger charge is 2.13. The highest BCUT2D eigenvalue weighted by Crippen LogP contribution is 2.25. The number of aryl methyl sites for hydroxylation is 1. The van der Waals surface area contributed by atoms with Gasteiger partial charge in [0.25, 0.3) is 0 Å². The average Bonchev–Trinajstić information content (AvgIpc) is 2.20. The second-order valence-electron chi connectivity index (χ2n) is 5.11. The molecule has 1 aromatic carbocycles. The van der Waals surface area contributed by atoms with Crippen LogP contribution >= 0.6 is 0 Å². The molecule has 0 spiro atoms. The third-order valence-electron chi connectivity index (χ3n) is 2.82. The second kappa shape index (κ2) is 6.03. The third-order valence-corrected chi connectivity index (χ3v) is 2.82. The molecule has 0 aliphatic rings. The lowest BCUT2D eigenvalue weighted by molar-refractivity contribution is 0.332. The van der Waals surface area contributed by atoms with Gasteiger partial charge in [-0.3, -0.25) is 0 Å². The van der Waals surface area contributed by atoms with E-state index in [1.807, 2.05) is 19.1 Å². The number of rotatable bonds is 5. The van der Waals surface area contributed by atoms with E-state index < -0.39 is 0 Å². The summed E-state index contributed by atoms with van der Waals surface area (Å²) in [6.07, 6.45) is 0. The molecule has 96 valence electrons. The van der Waals surface area contributed by atoms with Gasteiger partial charge in [0.05, 0.1) is 0 Å². The molecule has 1 rings (SSSR count).